The van der Waals surface area contributed by atoms with Crippen molar-refractivity contribution < 1.29 is 17.9 Å². The third-order valence-corrected chi connectivity index (χ3v) is 7.33. The molecule has 0 aromatic heterocycles. The van der Waals surface area contributed by atoms with Gasteiger partial charge in [-0.05, 0) is 32.0 Å². The van der Waals surface area contributed by atoms with Crippen molar-refractivity contribution in [2.45, 2.75) is 23.8 Å². The highest BCUT2D eigenvalue weighted by Crippen LogP contribution is 2.33. The fourth-order valence-corrected chi connectivity index (χ4v) is 5.39. The van der Waals surface area contributed by atoms with Crippen molar-refractivity contribution >= 4 is 20.8 Å². The Hall–Kier alpha value is -1.67. The van der Waals surface area contributed by atoms with Crippen molar-refractivity contribution in [2.24, 2.45) is 0 Å². The summed E-state index contributed by atoms with van der Waals surface area (Å²) in [6, 6.07) is 11.3. The third-order valence-electron chi connectivity index (χ3n) is 5.38. The van der Waals surface area contributed by atoms with Gasteiger partial charge in [-0.25, -0.2) is 8.42 Å². The van der Waals surface area contributed by atoms with Gasteiger partial charge >= 0.3 is 0 Å². The molecule has 0 amide bonds. The van der Waals surface area contributed by atoms with E-state index in [9.17, 15) is 8.42 Å². The van der Waals surface area contributed by atoms with Gasteiger partial charge in [-0.15, -0.1) is 0 Å². The van der Waals surface area contributed by atoms with E-state index in [0.29, 0.717) is 41.8 Å². The van der Waals surface area contributed by atoms with Crippen LogP contribution in [0.5, 0.6) is 5.75 Å². The van der Waals surface area contributed by atoms with Gasteiger partial charge in [0.1, 0.15) is 5.75 Å². The van der Waals surface area contributed by atoms with Crippen LogP contribution in [-0.4, -0.2) is 71.2 Å². The summed E-state index contributed by atoms with van der Waals surface area (Å²) in [5.74, 6) is 0.683. The van der Waals surface area contributed by atoms with Crippen molar-refractivity contribution in [1.82, 2.24) is 9.21 Å². The largest absolute Gasteiger partial charge is 0.496 e. The van der Waals surface area contributed by atoms with E-state index in [4.69, 9.17) is 9.47 Å². The van der Waals surface area contributed by atoms with Crippen LogP contribution in [0.4, 0.5) is 0 Å². The van der Waals surface area contributed by atoms with Crippen LogP contribution < -0.4 is 4.74 Å². The summed E-state index contributed by atoms with van der Waals surface area (Å²) >= 11 is 0. The second-order valence-corrected chi connectivity index (χ2v) is 8.83. The molecule has 0 N–H and O–H groups in total. The van der Waals surface area contributed by atoms with E-state index < -0.39 is 10.0 Å². The highest BCUT2D eigenvalue weighted by molar-refractivity contribution is 7.89. The molecule has 6 nitrogen and oxygen atoms in total. The normalized spacial score (nSPS) is 16.9. The lowest BCUT2D eigenvalue weighted by Gasteiger charge is -2.36. The SMILES string of the molecule is COCCN(C)C1CCN(S(=O)(=O)c2ccc(OC)c3ccccc23)CC1. The number of hydrogen-bond acceptors (Lipinski definition) is 5. The van der Waals surface area contributed by atoms with Crippen LogP contribution in [-0.2, 0) is 14.8 Å². The molecular weight excluding hydrogens is 364 g/mol. The Morgan fingerprint density at radius 2 is 1.74 bits per heavy atom. The number of piperidine rings is 1. The highest BCUT2D eigenvalue weighted by atomic mass is 32.2. The van der Waals surface area contributed by atoms with Crippen LogP contribution in [0.3, 0.4) is 0 Å². The number of nitrogens with zero attached hydrogens (tertiary/aromatic N) is 2. The van der Waals surface area contributed by atoms with E-state index in [2.05, 4.69) is 11.9 Å². The fourth-order valence-electron chi connectivity index (χ4n) is 3.73. The summed E-state index contributed by atoms with van der Waals surface area (Å²) in [7, 11) is 1.82. The molecule has 0 spiro atoms. The smallest absolute Gasteiger partial charge is 0.243 e. The van der Waals surface area contributed by atoms with Gasteiger partial charge in [0, 0.05) is 43.6 Å². The molecule has 0 bridgehead atoms. The molecule has 2 aromatic carbocycles. The number of fused-ring (bicyclic) bond motifs is 1. The molecule has 0 saturated carbocycles. The maximum Gasteiger partial charge on any atom is 0.243 e. The molecule has 3 rings (SSSR count). The molecule has 1 aliphatic rings. The van der Waals surface area contributed by atoms with Gasteiger partial charge in [0.15, 0.2) is 0 Å². The summed E-state index contributed by atoms with van der Waals surface area (Å²) in [6.45, 7) is 2.61. The van der Waals surface area contributed by atoms with Gasteiger partial charge in [0.05, 0.1) is 18.6 Å². The maximum atomic E-state index is 13.3. The first kappa shape index (κ1) is 20.1. The Balaban J connectivity index is 1.81. The van der Waals surface area contributed by atoms with Crippen LogP contribution in [0.25, 0.3) is 10.8 Å². The Morgan fingerprint density at radius 1 is 1.07 bits per heavy atom. The molecule has 1 saturated heterocycles. The summed E-state index contributed by atoms with van der Waals surface area (Å²) < 4.78 is 38.7. The van der Waals surface area contributed by atoms with Crippen molar-refractivity contribution in [3.8, 4) is 5.75 Å². The molecule has 0 unspecified atom stereocenters. The van der Waals surface area contributed by atoms with Crippen LogP contribution in [0.1, 0.15) is 12.8 Å². The molecule has 0 atom stereocenters. The lowest BCUT2D eigenvalue weighted by atomic mass is 10.1. The van der Waals surface area contributed by atoms with Gasteiger partial charge in [-0.1, -0.05) is 24.3 Å². The molecule has 1 heterocycles. The summed E-state index contributed by atoms with van der Waals surface area (Å²) in [5, 5.41) is 1.52. The van der Waals surface area contributed by atoms with Crippen molar-refractivity contribution in [3.05, 3.63) is 36.4 Å². The monoisotopic (exact) mass is 392 g/mol. The van der Waals surface area contributed by atoms with Gasteiger partial charge in [-0.3, -0.25) is 0 Å². The van der Waals surface area contributed by atoms with E-state index in [-0.39, 0.29) is 0 Å². The number of rotatable bonds is 7. The van der Waals surface area contributed by atoms with Crippen LogP contribution in [0, 0.1) is 0 Å². The molecule has 148 valence electrons. The predicted octanol–water partition coefficient (Wildman–Crippen LogP) is 2.58. The topological polar surface area (TPSA) is 59.1 Å². The van der Waals surface area contributed by atoms with Gasteiger partial charge < -0.3 is 14.4 Å². The van der Waals surface area contributed by atoms with Gasteiger partial charge in [0.25, 0.3) is 0 Å². The van der Waals surface area contributed by atoms with Gasteiger partial charge in [-0.2, -0.15) is 4.31 Å². The summed E-state index contributed by atoms with van der Waals surface area (Å²) in [6.07, 6.45) is 1.65. The minimum absolute atomic E-state index is 0.352. The summed E-state index contributed by atoms with van der Waals surface area (Å²) in [5.41, 5.74) is 0. The van der Waals surface area contributed by atoms with E-state index in [1.807, 2.05) is 24.3 Å². The average molecular weight is 393 g/mol. The van der Waals surface area contributed by atoms with Crippen LogP contribution >= 0.6 is 0 Å². The lowest BCUT2D eigenvalue weighted by molar-refractivity contribution is 0.115. The molecule has 27 heavy (non-hydrogen) atoms. The summed E-state index contributed by atoms with van der Waals surface area (Å²) in [4.78, 5) is 2.61. The predicted molar refractivity (Wildman–Crippen MR) is 107 cm³/mol. The molecule has 1 fully saturated rings. The first-order valence-corrected chi connectivity index (χ1v) is 10.7. The maximum absolute atomic E-state index is 13.3. The van der Waals surface area contributed by atoms with E-state index >= 15 is 0 Å². The first-order valence-electron chi connectivity index (χ1n) is 9.24. The first-order chi connectivity index (χ1) is 13.0. The molecule has 2 aromatic rings. The average Bonchev–Trinajstić information content (AvgIpc) is 2.71. The fraction of sp³-hybridized carbons (Fsp3) is 0.500. The van der Waals surface area contributed by atoms with Crippen LogP contribution in [0.15, 0.2) is 41.3 Å². The second kappa shape index (κ2) is 8.56. The van der Waals surface area contributed by atoms with E-state index in [0.717, 1.165) is 24.8 Å². The molecule has 0 radical (unpaired) electrons. The zero-order chi connectivity index (χ0) is 19.4. The molecule has 1 aliphatic heterocycles. The third kappa shape index (κ3) is 4.11. The number of hydrogen-bond donors (Lipinski definition) is 0. The van der Waals surface area contributed by atoms with Gasteiger partial charge in [0.2, 0.25) is 10.0 Å². The Labute approximate surface area is 161 Å². The zero-order valence-corrected chi connectivity index (χ0v) is 17.0. The minimum Gasteiger partial charge on any atom is -0.496 e. The standard InChI is InChI=1S/C20H28N2O4S/c1-21(14-15-25-2)16-10-12-22(13-11-16)27(23,24)20-9-8-19(26-3)17-6-4-5-7-18(17)20/h4-9,16H,10-15H2,1-3H3. The number of likely N-dealkylation sites (N-methyl/N-ethyl adjacent to an activating group) is 1. The molecule has 7 heteroatoms. The quantitative estimate of drug-likeness (QED) is 0.725. The molecular formula is C20H28N2O4S. The Kier molecular flexibility index (Phi) is 6.37. The number of sulfonamides is 1. The number of methoxy groups -OCH3 is 2. The highest BCUT2D eigenvalue weighted by Gasteiger charge is 2.32. The zero-order valence-electron chi connectivity index (χ0n) is 16.2. The lowest BCUT2D eigenvalue weighted by Crippen LogP contribution is -2.46. The van der Waals surface area contributed by atoms with Crippen molar-refractivity contribution in [3.63, 3.8) is 0 Å². The van der Waals surface area contributed by atoms with Crippen LogP contribution in [0.2, 0.25) is 0 Å². The molecule has 0 aliphatic carbocycles. The Morgan fingerprint density at radius 3 is 2.37 bits per heavy atom. The number of ether oxygens (including phenoxy) is 2. The Bertz CT molecular complexity index is 877. The second-order valence-electron chi connectivity index (χ2n) is 6.92. The van der Waals surface area contributed by atoms with Crippen molar-refractivity contribution in [1.29, 1.82) is 0 Å². The van der Waals surface area contributed by atoms with E-state index in [1.165, 1.54) is 0 Å². The van der Waals surface area contributed by atoms with E-state index in [1.54, 1.807) is 30.7 Å². The minimum atomic E-state index is -3.55. The van der Waals surface area contributed by atoms with Crippen molar-refractivity contribution in [2.75, 3.05) is 47.5 Å². The number of benzene rings is 2.